The Labute approximate surface area is 127 Å². The lowest BCUT2D eigenvalue weighted by Crippen LogP contribution is -2.60. The predicted molar refractivity (Wildman–Crippen MR) is 86.6 cm³/mol. The Morgan fingerprint density at radius 3 is 2.75 bits per heavy atom. The summed E-state index contributed by atoms with van der Waals surface area (Å²) in [4.78, 5) is 2.58. The normalized spacial score (nSPS) is 19.1. The number of hydrogen-bond donors (Lipinski definition) is 1. The molecule has 1 N–H and O–H groups in total. The van der Waals surface area contributed by atoms with E-state index >= 15 is 0 Å². The highest BCUT2D eigenvalue weighted by Crippen LogP contribution is 2.24. The molecule has 4 heteroatoms. The molecule has 0 aromatic carbocycles. The molecule has 1 fully saturated rings. The molecule has 1 saturated heterocycles. The van der Waals surface area contributed by atoms with Gasteiger partial charge in [0, 0.05) is 24.7 Å². The number of thiophene rings is 1. The summed E-state index contributed by atoms with van der Waals surface area (Å²) in [5.74, 6) is 0. The second kappa shape index (κ2) is 7.55. The fraction of sp³-hybridized carbons (Fsp3) is 0.750. The molecule has 3 nitrogen and oxygen atoms in total. The predicted octanol–water partition coefficient (Wildman–Crippen LogP) is 2.77. The summed E-state index contributed by atoms with van der Waals surface area (Å²) in [6, 6.07) is 2.76. The van der Waals surface area contributed by atoms with Crippen LogP contribution in [0.1, 0.15) is 32.8 Å². The van der Waals surface area contributed by atoms with Crippen molar-refractivity contribution >= 4 is 11.3 Å². The van der Waals surface area contributed by atoms with E-state index in [9.17, 15) is 0 Å². The van der Waals surface area contributed by atoms with Gasteiger partial charge in [0.2, 0.25) is 0 Å². The highest BCUT2D eigenvalue weighted by atomic mass is 32.1. The van der Waals surface area contributed by atoms with E-state index in [1.807, 2.05) is 0 Å². The van der Waals surface area contributed by atoms with Gasteiger partial charge in [0.25, 0.3) is 0 Å². The van der Waals surface area contributed by atoms with Crippen LogP contribution in [0.2, 0.25) is 0 Å². The molecule has 1 aromatic heterocycles. The fourth-order valence-electron chi connectivity index (χ4n) is 3.06. The molecule has 1 unspecified atom stereocenters. The molecule has 1 aliphatic rings. The van der Waals surface area contributed by atoms with E-state index in [2.05, 4.69) is 47.8 Å². The topological polar surface area (TPSA) is 24.5 Å². The van der Waals surface area contributed by atoms with Gasteiger partial charge < -0.3 is 10.1 Å². The third-order valence-electron chi connectivity index (χ3n) is 4.43. The number of hydrogen-bond acceptors (Lipinski definition) is 4. The van der Waals surface area contributed by atoms with Crippen LogP contribution in [0.25, 0.3) is 0 Å². The first kappa shape index (κ1) is 16.0. The second-order valence-corrected chi connectivity index (χ2v) is 6.81. The monoisotopic (exact) mass is 296 g/mol. The van der Waals surface area contributed by atoms with Crippen LogP contribution in [0, 0.1) is 0 Å². The smallest absolute Gasteiger partial charge is 0.0594 e. The van der Waals surface area contributed by atoms with Crippen LogP contribution in [0.5, 0.6) is 0 Å². The van der Waals surface area contributed by atoms with Gasteiger partial charge in [0.1, 0.15) is 0 Å². The SMILES string of the molecule is CCNC(CCc1ccsc1)C(C)(C)N1CCOCC1. The molecule has 0 radical (unpaired) electrons. The first-order valence-corrected chi connectivity index (χ1v) is 8.66. The maximum atomic E-state index is 5.49. The number of aryl methyl sites for hydroxylation is 1. The maximum Gasteiger partial charge on any atom is 0.0594 e. The average Bonchev–Trinajstić information content (AvgIpc) is 2.97. The summed E-state index contributed by atoms with van der Waals surface area (Å²) in [5.41, 5.74) is 1.64. The Kier molecular flexibility index (Phi) is 6.02. The van der Waals surface area contributed by atoms with Gasteiger partial charge in [-0.25, -0.2) is 0 Å². The molecule has 0 saturated carbocycles. The fourth-order valence-corrected chi connectivity index (χ4v) is 3.76. The van der Waals surface area contributed by atoms with Crippen molar-refractivity contribution in [1.82, 2.24) is 10.2 Å². The van der Waals surface area contributed by atoms with E-state index in [-0.39, 0.29) is 5.54 Å². The number of ether oxygens (including phenoxy) is 1. The Hall–Kier alpha value is -0.420. The van der Waals surface area contributed by atoms with E-state index in [1.54, 1.807) is 11.3 Å². The van der Waals surface area contributed by atoms with Gasteiger partial charge in [-0.1, -0.05) is 6.92 Å². The number of nitrogens with zero attached hydrogens (tertiary/aromatic N) is 1. The highest BCUT2D eigenvalue weighted by Gasteiger charge is 2.35. The van der Waals surface area contributed by atoms with E-state index in [0.717, 1.165) is 39.3 Å². The van der Waals surface area contributed by atoms with E-state index < -0.39 is 0 Å². The van der Waals surface area contributed by atoms with Crippen LogP contribution < -0.4 is 5.32 Å². The van der Waals surface area contributed by atoms with Crippen LogP contribution in [-0.4, -0.2) is 49.3 Å². The first-order valence-electron chi connectivity index (χ1n) is 7.72. The second-order valence-electron chi connectivity index (χ2n) is 6.03. The van der Waals surface area contributed by atoms with Crippen molar-refractivity contribution in [1.29, 1.82) is 0 Å². The van der Waals surface area contributed by atoms with Crippen molar-refractivity contribution in [3.63, 3.8) is 0 Å². The number of rotatable bonds is 7. The van der Waals surface area contributed by atoms with Crippen LogP contribution in [-0.2, 0) is 11.2 Å². The van der Waals surface area contributed by atoms with Crippen LogP contribution in [0.4, 0.5) is 0 Å². The zero-order valence-corrected chi connectivity index (χ0v) is 13.8. The lowest BCUT2D eigenvalue weighted by atomic mass is 9.87. The van der Waals surface area contributed by atoms with Gasteiger partial charge in [-0.15, -0.1) is 0 Å². The molecule has 1 aromatic rings. The maximum absolute atomic E-state index is 5.49. The first-order chi connectivity index (χ1) is 9.64. The lowest BCUT2D eigenvalue weighted by Gasteiger charge is -2.46. The quantitative estimate of drug-likeness (QED) is 0.837. The Morgan fingerprint density at radius 2 is 2.15 bits per heavy atom. The Morgan fingerprint density at radius 1 is 1.40 bits per heavy atom. The Bertz CT molecular complexity index is 372. The Balaban J connectivity index is 1.97. The van der Waals surface area contributed by atoms with E-state index in [1.165, 1.54) is 12.0 Å². The molecule has 0 amide bonds. The van der Waals surface area contributed by atoms with E-state index in [0.29, 0.717) is 6.04 Å². The molecular weight excluding hydrogens is 268 g/mol. The zero-order chi connectivity index (χ0) is 14.4. The molecule has 114 valence electrons. The summed E-state index contributed by atoms with van der Waals surface area (Å²) < 4.78 is 5.49. The summed E-state index contributed by atoms with van der Waals surface area (Å²) in [5, 5.41) is 8.14. The molecule has 20 heavy (non-hydrogen) atoms. The zero-order valence-electron chi connectivity index (χ0n) is 13.0. The van der Waals surface area contributed by atoms with Crippen molar-refractivity contribution in [2.45, 2.75) is 45.2 Å². The molecule has 0 bridgehead atoms. The summed E-state index contributed by atoms with van der Waals surface area (Å²) >= 11 is 1.79. The van der Waals surface area contributed by atoms with Crippen molar-refractivity contribution in [2.24, 2.45) is 0 Å². The summed E-state index contributed by atoms with van der Waals surface area (Å²) in [6.45, 7) is 11.8. The van der Waals surface area contributed by atoms with Crippen molar-refractivity contribution in [3.8, 4) is 0 Å². The molecule has 2 rings (SSSR count). The molecule has 0 spiro atoms. The van der Waals surface area contributed by atoms with Gasteiger partial charge >= 0.3 is 0 Å². The van der Waals surface area contributed by atoms with Gasteiger partial charge in [0.15, 0.2) is 0 Å². The molecular formula is C16H28N2OS. The average molecular weight is 296 g/mol. The van der Waals surface area contributed by atoms with Gasteiger partial charge in [-0.3, -0.25) is 4.90 Å². The highest BCUT2D eigenvalue weighted by molar-refractivity contribution is 7.07. The minimum atomic E-state index is 0.176. The number of morpholine rings is 1. The van der Waals surface area contributed by atoms with Gasteiger partial charge in [-0.2, -0.15) is 11.3 Å². The van der Waals surface area contributed by atoms with Crippen LogP contribution >= 0.6 is 11.3 Å². The summed E-state index contributed by atoms with van der Waals surface area (Å²) in [6.07, 6.45) is 2.35. The largest absolute Gasteiger partial charge is 0.379 e. The van der Waals surface area contributed by atoms with Crippen molar-refractivity contribution in [2.75, 3.05) is 32.8 Å². The lowest BCUT2D eigenvalue weighted by molar-refractivity contribution is -0.0241. The summed E-state index contributed by atoms with van der Waals surface area (Å²) in [7, 11) is 0. The number of nitrogens with one attached hydrogen (secondary N) is 1. The standard InChI is InChI=1S/C16H28N2OS/c1-4-17-15(6-5-14-7-12-20-13-14)16(2,3)18-8-10-19-11-9-18/h7,12-13,15,17H,4-6,8-11H2,1-3H3. The van der Waals surface area contributed by atoms with Crippen molar-refractivity contribution < 1.29 is 4.74 Å². The molecule has 1 aliphatic heterocycles. The van der Waals surface area contributed by atoms with Crippen LogP contribution in [0.3, 0.4) is 0 Å². The van der Waals surface area contributed by atoms with Gasteiger partial charge in [-0.05, 0) is 55.6 Å². The minimum absolute atomic E-state index is 0.176. The van der Waals surface area contributed by atoms with E-state index in [4.69, 9.17) is 4.74 Å². The minimum Gasteiger partial charge on any atom is -0.379 e. The molecule has 0 aliphatic carbocycles. The van der Waals surface area contributed by atoms with Gasteiger partial charge in [0.05, 0.1) is 13.2 Å². The molecule has 1 atom stereocenters. The molecule has 2 heterocycles. The number of likely N-dealkylation sites (N-methyl/N-ethyl adjacent to an activating group) is 1. The van der Waals surface area contributed by atoms with Crippen LogP contribution in [0.15, 0.2) is 16.8 Å². The third-order valence-corrected chi connectivity index (χ3v) is 5.16. The third kappa shape index (κ3) is 4.04. The van der Waals surface area contributed by atoms with Crippen molar-refractivity contribution in [3.05, 3.63) is 22.4 Å².